The van der Waals surface area contributed by atoms with Crippen LogP contribution < -0.4 is 4.74 Å². The van der Waals surface area contributed by atoms with Crippen LogP contribution in [0.15, 0.2) is 6.08 Å². The molecule has 0 saturated heterocycles. The van der Waals surface area contributed by atoms with Crippen molar-refractivity contribution in [2.75, 3.05) is 26.7 Å². The topological polar surface area (TPSA) is 61.3 Å². The van der Waals surface area contributed by atoms with E-state index >= 15 is 0 Å². The lowest BCUT2D eigenvalue weighted by Gasteiger charge is -2.42. The van der Waals surface area contributed by atoms with E-state index in [-0.39, 0.29) is 12.2 Å². The largest absolute Gasteiger partial charge is 0.475 e. The van der Waals surface area contributed by atoms with Gasteiger partial charge in [-0.1, -0.05) is 97.5 Å². The van der Waals surface area contributed by atoms with E-state index in [1.165, 1.54) is 87.9 Å². The lowest BCUT2D eigenvalue weighted by atomic mass is 10.0. The van der Waals surface area contributed by atoms with Crippen molar-refractivity contribution in [1.29, 1.82) is 0 Å². The molecule has 0 bridgehead atoms. The lowest BCUT2D eigenvalue weighted by Crippen LogP contribution is -2.56. The highest BCUT2D eigenvalue weighted by Gasteiger charge is 2.39. The Balaban J connectivity index is 1.92. The SMILES string of the molecule is CCCCCCCCCCCC(OC(=O)CC)[N+]1(C)CCC=C(c2nsnc2OCCCCCC)C1. The van der Waals surface area contributed by atoms with Gasteiger partial charge in [-0.15, -0.1) is 4.37 Å². The maximum atomic E-state index is 12.3. The average Bonchev–Trinajstić information content (AvgIpc) is 3.35. The molecule has 1 aromatic heterocycles. The van der Waals surface area contributed by atoms with Gasteiger partial charge in [0.1, 0.15) is 12.2 Å². The third-order valence-corrected chi connectivity index (χ3v) is 7.88. The first-order valence-corrected chi connectivity index (χ1v) is 15.5. The van der Waals surface area contributed by atoms with Crippen molar-refractivity contribution < 1.29 is 18.8 Å². The summed E-state index contributed by atoms with van der Waals surface area (Å²) < 4.78 is 21.8. The minimum absolute atomic E-state index is 0.0993. The van der Waals surface area contributed by atoms with Gasteiger partial charge in [-0.05, 0) is 12.8 Å². The molecule has 7 heteroatoms. The molecule has 0 aliphatic carbocycles. The van der Waals surface area contributed by atoms with Crippen LogP contribution in [0, 0.1) is 0 Å². The molecule has 36 heavy (non-hydrogen) atoms. The first-order valence-electron chi connectivity index (χ1n) is 14.7. The number of hydrogen-bond donors (Lipinski definition) is 0. The molecule has 2 rings (SSSR count). The van der Waals surface area contributed by atoms with Crippen molar-refractivity contribution in [2.24, 2.45) is 0 Å². The predicted molar refractivity (Wildman–Crippen MR) is 150 cm³/mol. The van der Waals surface area contributed by atoms with E-state index in [1.54, 1.807) is 0 Å². The van der Waals surface area contributed by atoms with Crippen molar-refractivity contribution in [2.45, 2.75) is 130 Å². The summed E-state index contributed by atoms with van der Waals surface area (Å²) in [6, 6.07) is 0. The van der Waals surface area contributed by atoms with E-state index < -0.39 is 0 Å². The van der Waals surface area contributed by atoms with Gasteiger partial charge in [0.2, 0.25) is 6.23 Å². The molecule has 2 atom stereocenters. The van der Waals surface area contributed by atoms with E-state index in [0.717, 1.165) is 44.5 Å². The van der Waals surface area contributed by atoms with E-state index in [4.69, 9.17) is 9.47 Å². The Morgan fingerprint density at radius 2 is 1.58 bits per heavy atom. The van der Waals surface area contributed by atoms with Crippen LogP contribution in [0.25, 0.3) is 5.57 Å². The molecule has 206 valence electrons. The van der Waals surface area contributed by atoms with Crippen LogP contribution >= 0.6 is 11.7 Å². The number of carbonyl (C=O) groups is 1. The van der Waals surface area contributed by atoms with Crippen LogP contribution in [0.1, 0.15) is 129 Å². The van der Waals surface area contributed by atoms with Crippen molar-refractivity contribution >= 4 is 23.3 Å². The van der Waals surface area contributed by atoms with Crippen LogP contribution in [-0.2, 0) is 9.53 Å². The van der Waals surface area contributed by atoms with Gasteiger partial charge in [-0.3, -0.25) is 9.28 Å². The molecule has 0 spiro atoms. The zero-order valence-electron chi connectivity index (χ0n) is 23.6. The van der Waals surface area contributed by atoms with Crippen LogP contribution in [0.3, 0.4) is 0 Å². The molecule has 0 radical (unpaired) electrons. The lowest BCUT2D eigenvalue weighted by molar-refractivity contribution is -0.947. The molecule has 0 saturated carbocycles. The van der Waals surface area contributed by atoms with Crippen LogP contribution in [0.5, 0.6) is 5.88 Å². The van der Waals surface area contributed by atoms with E-state index in [9.17, 15) is 4.79 Å². The first-order chi connectivity index (χ1) is 17.5. The molecule has 2 heterocycles. The van der Waals surface area contributed by atoms with Gasteiger partial charge in [0, 0.05) is 24.8 Å². The second-order valence-electron chi connectivity index (χ2n) is 10.6. The van der Waals surface area contributed by atoms with Crippen LogP contribution in [0.4, 0.5) is 0 Å². The minimum Gasteiger partial charge on any atom is -0.475 e. The maximum Gasteiger partial charge on any atom is 0.309 e. The molecule has 1 aromatic rings. The predicted octanol–water partition coefficient (Wildman–Crippen LogP) is 7.93. The number of unbranched alkanes of at least 4 members (excludes halogenated alkanes) is 11. The highest BCUT2D eigenvalue weighted by molar-refractivity contribution is 6.99. The number of rotatable bonds is 20. The standard InChI is InChI=1S/C29H52N3O3S/c1-5-8-10-12-13-14-15-16-17-21-26(35-27(33)7-3)32(4)22-19-20-25(24-32)28-29(31-36-30-28)34-23-18-11-9-6-2/h20,26H,5-19,21-24H2,1-4H3/q+1. The zero-order valence-corrected chi connectivity index (χ0v) is 24.4. The number of ether oxygens (including phenoxy) is 2. The summed E-state index contributed by atoms with van der Waals surface area (Å²) in [6.45, 7) is 8.80. The average molecular weight is 523 g/mol. The molecule has 0 fully saturated rings. The number of quaternary nitrogens is 1. The van der Waals surface area contributed by atoms with Crippen LogP contribution in [0.2, 0.25) is 0 Å². The van der Waals surface area contributed by atoms with Crippen molar-refractivity contribution in [1.82, 2.24) is 8.75 Å². The minimum atomic E-state index is -0.115. The Bertz CT molecular complexity index is 767. The van der Waals surface area contributed by atoms with Gasteiger partial charge >= 0.3 is 5.97 Å². The molecular weight excluding hydrogens is 470 g/mol. The van der Waals surface area contributed by atoms with E-state index in [2.05, 4.69) is 35.7 Å². The van der Waals surface area contributed by atoms with Gasteiger partial charge in [-0.2, -0.15) is 4.37 Å². The van der Waals surface area contributed by atoms with E-state index in [1.807, 2.05) is 6.92 Å². The Hall–Kier alpha value is -1.47. The zero-order chi connectivity index (χ0) is 26.1. The summed E-state index contributed by atoms with van der Waals surface area (Å²) in [5, 5.41) is 0. The third kappa shape index (κ3) is 10.9. The summed E-state index contributed by atoms with van der Waals surface area (Å²) in [5.74, 6) is 0.565. The Labute approximate surface area is 224 Å². The molecule has 0 N–H and O–H groups in total. The fourth-order valence-corrected chi connectivity index (χ4v) is 5.55. The number of hydrogen-bond acceptors (Lipinski definition) is 6. The first kappa shape index (κ1) is 30.8. The van der Waals surface area contributed by atoms with E-state index in [0.29, 0.717) is 23.4 Å². The molecular formula is C29H52N3O3S+. The highest BCUT2D eigenvalue weighted by atomic mass is 32.1. The third-order valence-electron chi connectivity index (χ3n) is 7.37. The molecule has 1 aliphatic rings. The molecule has 0 aromatic carbocycles. The summed E-state index contributed by atoms with van der Waals surface area (Å²) in [4.78, 5) is 12.3. The molecule has 6 nitrogen and oxygen atoms in total. The number of esters is 1. The fraction of sp³-hybridized carbons (Fsp3) is 0.828. The molecule has 0 amide bonds. The van der Waals surface area contributed by atoms with Crippen molar-refractivity contribution in [3.8, 4) is 5.88 Å². The van der Waals surface area contributed by atoms with Crippen LogP contribution in [-0.4, -0.2) is 52.2 Å². The van der Waals surface area contributed by atoms with Gasteiger partial charge in [-0.25, -0.2) is 0 Å². The Morgan fingerprint density at radius 3 is 2.25 bits per heavy atom. The smallest absolute Gasteiger partial charge is 0.309 e. The summed E-state index contributed by atoms with van der Waals surface area (Å²) in [7, 11) is 2.24. The highest BCUT2D eigenvalue weighted by Crippen LogP contribution is 2.33. The van der Waals surface area contributed by atoms with Gasteiger partial charge in [0.25, 0.3) is 5.88 Å². The summed E-state index contributed by atoms with van der Waals surface area (Å²) in [5.41, 5.74) is 2.05. The van der Waals surface area contributed by atoms with Gasteiger partial charge < -0.3 is 9.47 Å². The quantitative estimate of drug-likeness (QED) is 0.0988. The summed E-state index contributed by atoms with van der Waals surface area (Å²) in [6.07, 6.45) is 20.8. The Kier molecular flexibility index (Phi) is 15.3. The number of likely N-dealkylation sites (N-methyl/N-ethyl adjacent to an activating group) is 1. The van der Waals surface area contributed by atoms with Crippen molar-refractivity contribution in [3.05, 3.63) is 11.8 Å². The number of aromatic nitrogens is 2. The summed E-state index contributed by atoms with van der Waals surface area (Å²) >= 11 is 1.22. The Morgan fingerprint density at radius 1 is 0.944 bits per heavy atom. The maximum absolute atomic E-state index is 12.3. The van der Waals surface area contributed by atoms with Gasteiger partial charge in [0.15, 0.2) is 0 Å². The fourth-order valence-electron chi connectivity index (χ4n) is 5.02. The van der Waals surface area contributed by atoms with Crippen molar-refractivity contribution in [3.63, 3.8) is 0 Å². The molecule has 1 aliphatic heterocycles. The normalized spacial score (nSPS) is 18.6. The number of carbonyl (C=O) groups excluding carboxylic acids is 1. The number of nitrogens with zero attached hydrogens (tertiary/aromatic N) is 3. The van der Waals surface area contributed by atoms with Gasteiger partial charge in [0.05, 0.1) is 31.9 Å². The second-order valence-corrected chi connectivity index (χ2v) is 11.1. The monoisotopic (exact) mass is 522 g/mol. The second kappa shape index (κ2) is 17.9. The molecule has 2 unspecified atom stereocenters.